The summed E-state index contributed by atoms with van der Waals surface area (Å²) >= 11 is 1.72. The second-order valence-electron chi connectivity index (χ2n) is 4.12. The summed E-state index contributed by atoms with van der Waals surface area (Å²) in [5, 5.41) is 0. The maximum Gasteiger partial charge on any atom is 0.161 e. The largest absolute Gasteiger partial charge is 0.493 e. The van der Waals surface area contributed by atoms with Crippen LogP contribution >= 0.6 is 11.8 Å². The first-order chi connectivity index (χ1) is 9.26. The minimum atomic E-state index is 0.758. The summed E-state index contributed by atoms with van der Waals surface area (Å²) in [7, 11) is 3.30. The van der Waals surface area contributed by atoms with Crippen molar-refractivity contribution >= 4 is 11.8 Å². The van der Waals surface area contributed by atoms with Gasteiger partial charge in [0.25, 0.3) is 0 Å². The fourth-order valence-corrected chi connectivity index (χ4v) is 2.66. The zero-order valence-electron chi connectivity index (χ0n) is 11.5. The highest BCUT2D eigenvalue weighted by molar-refractivity contribution is 7.99. The van der Waals surface area contributed by atoms with Crippen molar-refractivity contribution in [2.24, 2.45) is 0 Å². The molecule has 0 heterocycles. The summed E-state index contributed by atoms with van der Waals surface area (Å²) in [6.07, 6.45) is 1.07. The molecule has 2 rings (SSSR count). The molecule has 2 aromatic carbocycles. The molecule has 0 spiro atoms. The Morgan fingerprint density at radius 2 is 1.47 bits per heavy atom. The van der Waals surface area contributed by atoms with Gasteiger partial charge in [0.2, 0.25) is 0 Å². The number of aryl methyl sites for hydroxylation is 1. The Kier molecular flexibility index (Phi) is 4.74. The van der Waals surface area contributed by atoms with Gasteiger partial charge in [-0.15, -0.1) is 0 Å². The van der Waals surface area contributed by atoms with Crippen LogP contribution in [-0.4, -0.2) is 14.2 Å². The fraction of sp³-hybridized carbons (Fsp3) is 0.250. The third kappa shape index (κ3) is 3.44. The topological polar surface area (TPSA) is 18.5 Å². The van der Waals surface area contributed by atoms with Crippen molar-refractivity contribution in [3.8, 4) is 11.5 Å². The van der Waals surface area contributed by atoms with E-state index < -0.39 is 0 Å². The molecule has 0 aromatic heterocycles. The van der Waals surface area contributed by atoms with Gasteiger partial charge in [-0.1, -0.05) is 30.8 Å². The Morgan fingerprint density at radius 3 is 2.05 bits per heavy atom. The molecule has 0 bridgehead atoms. The van der Waals surface area contributed by atoms with Gasteiger partial charge in [-0.2, -0.15) is 0 Å². The van der Waals surface area contributed by atoms with Gasteiger partial charge in [-0.3, -0.25) is 0 Å². The quantitative estimate of drug-likeness (QED) is 0.804. The Bertz CT molecular complexity index is 535. The first-order valence-electron chi connectivity index (χ1n) is 6.25. The van der Waals surface area contributed by atoms with Crippen molar-refractivity contribution in [2.75, 3.05) is 14.2 Å². The lowest BCUT2D eigenvalue weighted by Crippen LogP contribution is -1.90. The number of hydrogen-bond donors (Lipinski definition) is 0. The molecule has 2 aromatic rings. The number of hydrogen-bond acceptors (Lipinski definition) is 3. The lowest BCUT2D eigenvalue weighted by atomic mass is 10.2. The van der Waals surface area contributed by atoms with E-state index in [1.165, 1.54) is 10.5 Å². The van der Waals surface area contributed by atoms with Crippen LogP contribution in [0.15, 0.2) is 52.3 Å². The minimum absolute atomic E-state index is 0.758. The van der Waals surface area contributed by atoms with E-state index in [1.807, 2.05) is 18.2 Å². The van der Waals surface area contributed by atoms with Gasteiger partial charge in [0.15, 0.2) is 11.5 Å². The zero-order chi connectivity index (χ0) is 13.7. The van der Waals surface area contributed by atoms with Crippen LogP contribution in [0.5, 0.6) is 11.5 Å². The van der Waals surface area contributed by atoms with Crippen LogP contribution in [0.3, 0.4) is 0 Å². The molecule has 0 fully saturated rings. The average molecular weight is 274 g/mol. The maximum atomic E-state index is 5.31. The van der Waals surface area contributed by atoms with Crippen molar-refractivity contribution in [1.82, 2.24) is 0 Å². The number of benzene rings is 2. The molecule has 0 unspecified atom stereocenters. The van der Waals surface area contributed by atoms with E-state index in [0.29, 0.717) is 0 Å². The van der Waals surface area contributed by atoms with Crippen LogP contribution in [-0.2, 0) is 6.42 Å². The van der Waals surface area contributed by atoms with E-state index in [9.17, 15) is 0 Å². The van der Waals surface area contributed by atoms with E-state index in [0.717, 1.165) is 22.8 Å². The van der Waals surface area contributed by atoms with Crippen LogP contribution in [0.4, 0.5) is 0 Å². The fourth-order valence-electron chi connectivity index (χ4n) is 1.81. The van der Waals surface area contributed by atoms with Gasteiger partial charge in [0, 0.05) is 9.79 Å². The Hall–Kier alpha value is -1.61. The normalized spacial score (nSPS) is 10.3. The summed E-state index contributed by atoms with van der Waals surface area (Å²) in [6.45, 7) is 2.16. The highest BCUT2D eigenvalue weighted by atomic mass is 32.2. The lowest BCUT2D eigenvalue weighted by molar-refractivity contribution is 0.354. The number of methoxy groups -OCH3 is 2. The molecule has 3 heteroatoms. The van der Waals surface area contributed by atoms with Crippen LogP contribution in [0.1, 0.15) is 12.5 Å². The Morgan fingerprint density at radius 1 is 0.842 bits per heavy atom. The van der Waals surface area contributed by atoms with Crippen molar-refractivity contribution in [2.45, 2.75) is 23.1 Å². The zero-order valence-corrected chi connectivity index (χ0v) is 12.3. The average Bonchev–Trinajstić information content (AvgIpc) is 2.48. The molecule has 0 amide bonds. The van der Waals surface area contributed by atoms with Crippen molar-refractivity contribution in [3.63, 3.8) is 0 Å². The van der Waals surface area contributed by atoms with Gasteiger partial charge in [0.1, 0.15) is 0 Å². The van der Waals surface area contributed by atoms with Crippen LogP contribution in [0, 0.1) is 0 Å². The molecule has 0 radical (unpaired) electrons. The smallest absolute Gasteiger partial charge is 0.161 e. The monoisotopic (exact) mass is 274 g/mol. The molecule has 0 saturated heterocycles. The second kappa shape index (κ2) is 6.53. The molecule has 19 heavy (non-hydrogen) atoms. The number of rotatable bonds is 5. The second-order valence-corrected chi connectivity index (χ2v) is 5.26. The number of ether oxygens (including phenoxy) is 2. The molecule has 0 saturated carbocycles. The minimum Gasteiger partial charge on any atom is -0.493 e. The van der Waals surface area contributed by atoms with Crippen LogP contribution in [0.25, 0.3) is 0 Å². The van der Waals surface area contributed by atoms with Crippen molar-refractivity contribution < 1.29 is 9.47 Å². The first kappa shape index (κ1) is 13.8. The van der Waals surface area contributed by atoms with Crippen LogP contribution in [0.2, 0.25) is 0 Å². The third-order valence-electron chi connectivity index (χ3n) is 2.92. The summed E-state index contributed by atoms with van der Waals surface area (Å²) in [4.78, 5) is 2.37. The molecular weight excluding hydrogens is 256 g/mol. The van der Waals surface area contributed by atoms with E-state index in [4.69, 9.17) is 9.47 Å². The van der Waals surface area contributed by atoms with Crippen molar-refractivity contribution in [1.29, 1.82) is 0 Å². The van der Waals surface area contributed by atoms with Gasteiger partial charge >= 0.3 is 0 Å². The molecule has 2 nitrogen and oxygen atoms in total. The third-order valence-corrected chi connectivity index (χ3v) is 3.92. The molecule has 0 aliphatic heterocycles. The van der Waals surface area contributed by atoms with Gasteiger partial charge in [-0.05, 0) is 42.3 Å². The highest BCUT2D eigenvalue weighted by Crippen LogP contribution is 2.35. The van der Waals surface area contributed by atoms with E-state index >= 15 is 0 Å². The van der Waals surface area contributed by atoms with Gasteiger partial charge in [-0.25, -0.2) is 0 Å². The molecule has 0 N–H and O–H groups in total. The molecular formula is C16H18O2S. The van der Waals surface area contributed by atoms with E-state index in [1.54, 1.807) is 26.0 Å². The predicted octanol–water partition coefficient (Wildman–Crippen LogP) is 4.42. The van der Waals surface area contributed by atoms with Gasteiger partial charge in [0.05, 0.1) is 14.2 Å². The lowest BCUT2D eigenvalue weighted by Gasteiger charge is -2.09. The predicted molar refractivity (Wildman–Crippen MR) is 79.5 cm³/mol. The summed E-state index contributed by atoms with van der Waals surface area (Å²) < 4.78 is 10.6. The summed E-state index contributed by atoms with van der Waals surface area (Å²) in [6, 6.07) is 14.6. The molecule has 100 valence electrons. The molecule has 0 aliphatic rings. The Balaban J connectivity index is 2.18. The van der Waals surface area contributed by atoms with E-state index in [-0.39, 0.29) is 0 Å². The van der Waals surface area contributed by atoms with Crippen molar-refractivity contribution in [3.05, 3.63) is 48.0 Å². The molecule has 0 atom stereocenters. The van der Waals surface area contributed by atoms with Crippen LogP contribution < -0.4 is 9.47 Å². The summed E-state index contributed by atoms with van der Waals surface area (Å²) in [5.41, 5.74) is 1.36. The van der Waals surface area contributed by atoms with Gasteiger partial charge < -0.3 is 9.47 Å². The standard InChI is InChI=1S/C16H18O2S/c1-4-12-5-7-13(8-6-12)19-14-9-10-15(17-2)16(11-14)18-3/h5-11H,4H2,1-3H3. The summed E-state index contributed by atoms with van der Waals surface area (Å²) in [5.74, 6) is 1.52. The van der Waals surface area contributed by atoms with E-state index in [2.05, 4.69) is 31.2 Å². The SMILES string of the molecule is CCc1ccc(Sc2ccc(OC)c(OC)c2)cc1. The molecule has 0 aliphatic carbocycles. The maximum absolute atomic E-state index is 5.31. The Labute approximate surface area is 118 Å². The first-order valence-corrected chi connectivity index (χ1v) is 7.07. The highest BCUT2D eigenvalue weighted by Gasteiger charge is 2.05.